The molecular formula is C17H14FN3O3S. The first-order valence-corrected chi connectivity index (χ1v) is 8.50. The lowest BCUT2D eigenvalue weighted by atomic mass is 10.0. The van der Waals surface area contributed by atoms with Gasteiger partial charge in [0.25, 0.3) is 0 Å². The van der Waals surface area contributed by atoms with E-state index in [9.17, 15) is 19.2 Å². The van der Waals surface area contributed by atoms with Gasteiger partial charge in [-0.15, -0.1) is 0 Å². The van der Waals surface area contributed by atoms with Crippen molar-refractivity contribution in [1.82, 2.24) is 4.98 Å². The van der Waals surface area contributed by atoms with Crippen LogP contribution in [-0.2, 0) is 9.59 Å². The van der Waals surface area contributed by atoms with Crippen molar-refractivity contribution in [2.45, 2.75) is 19.3 Å². The minimum atomic E-state index is -0.885. The van der Waals surface area contributed by atoms with E-state index in [0.29, 0.717) is 30.5 Å². The summed E-state index contributed by atoms with van der Waals surface area (Å²) in [5.41, 5.74) is 0.775. The molecule has 0 unspecified atom stereocenters. The van der Waals surface area contributed by atoms with E-state index in [1.807, 2.05) is 6.07 Å². The molecule has 0 aliphatic heterocycles. The van der Waals surface area contributed by atoms with Gasteiger partial charge < -0.3 is 10.4 Å². The number of amides is 1. The molecule has 128 valence electrons. The third-order valence-electron chi connectivity index (χ3n) is 4.21. The van der Waals surface area contributed by atoms with E-state index in [1.54, 1.807) is 6.07 Å². The number of benzene rings is 1. The Hall–Kier alpha value is -2.79. The number of carbonyl (C=O) groups is 2. The molecule has 8 heteroatoms. The summed E-state index contributed by atoms with van der Waals surface area (Å²) in [5, 5.41) is 21.2. The zero-order valence-electron chi connectivity index (χ0n) is 13.0. The molecule has 1 aliphatic rings. The van der Waals surface area contributed by atoms with E-state index in [-0.39, 0.29) is 21.8 Å². The molecule has 0 bridgehead atoms. The average molecular weight is 359 g/mol. The number of nitriles is 1. The predicted molar refractivity (Wildman–Crippen MR) is 89.3 cm³/mol. The van der Waals surface area contributed by atoms with Crippen molar-refractivity contribution in [2.75, 3.05) is 5.32 Å². The van der Waals surface area contributed by atoms with Crippen LogP contribution in [0, 0.1) is 29.0 Å². The van der Waals surface area contributed by atoms with Crippen LogP contribution >= 0.6 is 11.3 Å². The fraction of sp³-hybridized carbons (Fsp3) is 0.294. The standard InChI is InChI=1S/C17H14FN3O3S/c18-12-3-1-2-9(7-12)14-13(8-19)25-17(20-14)21-15(22)10-4-5-11(6-10)16(23)24/h1-3,7,10-11H,4-6H2,(H,23,24)(H,20,21,22)/t10-,11+/m1/s1. The first-order valence-electron chi connectivity index (χ1n) is 7.68. The maximum atomic E-state index is 13.4. The first-order chi connectivity index (χ1) is 12.0. The normalized spacial score (nSPS) is 19.4. The second-order valence-electron chi connectivity index (χ2n) is 5.85. The molecule has 3 rings (SSSR count). The Morgan fingerprint density at radius 3 is 2.76 bits per heavy atom. The highest BCUT2D eigenvalue weighted by Crippen LogP contribution is 2.34. The van der Waals surface area contributed by atoms with E-state index in [1.165, 1.54) is 18.2 Å². The maximum Gasteiger partial charge on any atom is 0.306 e. The van der Waals surface area contributed by atoms with Gasteiger partial charge in [0.15, 0.2) is 5.13 Å². The predicted octanol–water partition coefficient (Wildman–Crippen LogP) is 3.26. The van der Waals surface area contributed by atoms with Crippen molar-refractivity contribution >= 4 is 28.3 Å². The van der Waals surface area contributed by atoms with Crippen LogP contribution in [0.5, 0.6) is 0 Å². The molecule has 1 amide bonds. The molecule has 25 heavy (non-hydrogen) atoms. The largest absolute Gasteiger partial charge is 0.481 e. The summed E-state index contributed by atoms with van der Waals surface area (Å²) in [6.07, 6.45) is 1.29. The monoisotopic (exact) mass is 359 g/mol. The third-order valence-corrected chi connectivity index (χ3v) is 5.09. The number of hydrogen-bond acceptors (Lipinski definition) is 5. The fourth-order valence-corrected chi connectivity index (χ4v) is 3.72. The lowest BCUT2D eigenvalue weighted by Crippen LogP contribution is -2.21. The molecule has 2 aromatic rings. The number of nitrogens with zero attached hydrogens (tertiary/aromatic N) is 2. The second kappa shape index (κ2) is 6.99. The summed E-state index contributed by atoms with van der Waals surface area (Å²) >= 11 is 1.01. The number of aliphatic carboxylic acids is 1. The van der Waals surface area contributed by atoms with E-state index in [4.69, 9.17) is 5.11 Å². The van der Waals surface area contributed by atoms with Crippen LogP contribution in [0.3, 0.4) is 0 Å². The van der Waals surface area contributed by atoms with Gasteiger partial charge in [-0.25, -0.2) is 9.37 Å². The van der Waals surface area contributed by atoms with Gasteiger partial charge in [0.2, 0.25) is 5.91 Å². The quantitative estimate of drug-likeness (QED) is 0.872. The number of aromatic nitrogens is 1. The molecular weight excluding hydrogens is 345 g/mol. The second-order valence-corrected chi connectivity index (χ2v) is 6.85. The summed E-state index contributed by atoms with van der Waals surface area (Å²) in [5.74, 6) is -2.50. The molecule has 1 heterocycles. The Bertz CT molecular complexity index is 874. The summed E-state index contributed by atoms with van der Waals surface area (Å²) in [6.45, 7) is 0. The number of halogens is 1. The highest BCUT2D eigenvalue weighted by Gasteiger charge is 2.34. The summed E-state index contributed by atoms with van der Waals surface area (Å²) in [4.78, 5) is 27.8. The Balaban J connectivity index is 1.77. The molecule has 1 aliphatic carbocycles. The van der Waals surface area contributed by atoms with E-state index in [0.717, 1.165) is 11.3 Å². The Labute approximate surface area is 146 Å². The molecule has 2 N–H and O–H groups in total. The summed E-state index contributed by atoms with van der Waals surface area (Å²) in [7, 11) is 0. The van der Waals surface area contributed by atoms with Crippen LogP contribution in [0.4, 0.5) is 9.52 Å². The van der Waals surface area contributed by atoms with Gasteiger partial charge in [-0.1, -0.05) is 23.5 Å². The van der Waals surface area contributed by atoms with Crippen LogP contribution in [-0.4, -0.2) is 22.0 Å². The van der Waals surface area contributed by atoms with Crippen LogP contribution in [0.1, 0.15) is 24.1 Å². The molecule has 2 atom stereocenters. The van der Waals surface area contributed by atoms with Gasteiger partial charge in [0.1, 0.15) is 22.5 Å². The van der Waals surface area contributed by atoms with Crippen molar-refractivity contribution in [3.8, 4) is 17.3 Å². The number of carboxylic acid groups (broad SMARTS) is 1. The van der Waals surface area contributed by atoms with Crippen LogP contribution in [0.15, 0.2) is 24.3 Å². The molecule has 6 nitrogen and oxygen atoms in total. The smallest absolute Gasteiger partial charge is 0.306 e. The topological polar surface area (TPSA) is 103 Å². The molecule has 1 aromatic heterocycles. The average Bonchev–Trinajstić information content (AvgIpc) is 3.21. The zero-order chi connectivity index (χ0) is 18.0. The van der Waals surface area contributed by atoms with E-state index >= 15 is 0 Å². The van der Waals surface area contributed by atoms with Crippen molar-refractivity contribution in [3.05, 3.63) is 35.0 Å². The van der Waals surface area contributed by atoms with Gasteiger partial charge in [-0.3, -0.25) is 9.59 Å². The van der Waals surface area contributed by atoms with Gasteiger partial charge in [0.05, 0.1) is 5.92 Å². The summed E-state index contributed by atoms with van der Waals surface area (Å²) in [6, 6.07) is 7.73. The molecule has 0 radical (unpaired) electrons. The van der Waals surface area contributed by atoms with Crippen molar-refractivity contribution in [3.63, 3.8) is 0 Å². The molecule has 1 saturated carbocycles. The number of carboxylic acids is 1. The van der Waals surface area contributed by atoms with Gasteiger partial charge >= 0.3 is 5.97 Å². The van der Waals surface area contributed by atoms with Crippen molar-refractivity contribution < 1.29 is 19.1 Å². The highest BCUT2D eigenvalue weighted by atomic mass is 32.1. The SMILES string of the molecule is N#Cc1sc(NC(=O)[C@@H]2CC[C@H](C(=O)O)C2)nc1-c1cccc(F)c1. The zero-order valence-corrected chi connectivity index (χ0v) is 13.8. The number of anilines is 1. The first kappa shape index (κ1) is 17.0. The summed E-state index contributed by atoms with van der Waals surface area (Å²) < 4.78 is 13.4. The van der Waals surface area contributed by atoms with Crippen molar-refractivity contribution in [1.29, 1.82) is 5.26 Å². The number of thiazole rings is 1. The Morgan fingerprint density at radius 2 is 2.12 bits per heavy atom. The molecule has 0 saturated heterocycles. The number of carbonyl (C=O) groups excluding carboxylic acids is 1. The van der Waals surface area contributed by atoms with Gasteiger partial charge in [-0.05, 0) is 31.4 Å². The number of hydrogen-bond donors (Lipinski definition) is 2. The van der Waals surface area contributed by atoms with Gasteiger partial charge in [-0.2, -0.15) is 5.26 Å². The maximum absolute atomic E-state index is 13.4. The molecule has 1 aromatic carbocycles. The van der Waals surface area contributed by atoms with Crippen LogP contribution < -0.4 is 5.32 Å². The van der Waals surface area contributed by atoms with E-state index in [2.05, 4.69) is 10.3 Å². The molecule has 0 spiro atoms. The van der Waals surface area contributed by atoms with Crippen molar-refractivity contribution in [2.24, 2.45) is 11.8 Å². The van der Waals surface area contributed by atoms with E-state index < -0.39 is 17.7 Å². The fourth-order valence-electron chi connectivity index (χ4n) is 2.93. The lowest BCUT2D eigenvalue weighted by molar-refractivity contribution is -0.141. The number of rotatable bonds is 4. The Kier molecular flexibility index (Phi) is 4.76. The number of nitrogens with one attached hydrogen (secondary N) is 1. The van der Waals surface area contributed by atoms with Gasteiger partial charge in [0, 0.05) is 11.5 Å². The van der Waals surface area contributed by atoms with Crippen LogP contribution in [0.2, 0.25) is 0 Å². The molecule has 1 fully saturated rings. The lowest BCUT2D eigenvalue weighted by Gasteiger charge is -2.08. The van der Waals surface area contributed by atoms with Crippen LogP contribution in [0.25, 0.3) is 11.3 Å². The highest BCUT2D eigenvalue weighted by molar-refractivity contribution is 7.16. The minimum absolute atomic E-state index is 0.250. The minimum Gasteiger partial charge on any atom is -0.481 e. The third kappa shape index (κ3) is 3.67. The Morgan fingerprint density at radius 1 is 1.36 bits per heavy atom.